The average molecular weight is 328 g/mol. The first-order chi connectivity index (χ1) is 11.6. The molecular formula is C17H11F3N4. The number of hydrogen-bond acceptors (Lipinski definition) is 3. The fourth-order valence-corrected chi connectivity index (χ4v) is 2.83. The largest absolute Gasteiger partial charge is 0.285 e. The summed E-state index contributed by atoms with van der Waals surface area (Å²) in [6, 6.07) is 7.61. The standard InChI is InChI=1S/C17H11F3N4/c18-10-4-5-14-11(8-10)17(16-12(19)2-1-3-13(16)20)21-7-6-15-23-22-9-24(14)15/h1-5,8-9H,6-7H2. The quantitative estimate of drug-likeness (QED) is 0.689. The van der Waals surface area contributed by atoms with E-state index in [2.05, 4.69) is 15.2 Å². The summed E-state index contributed by atoms with van der Waals surface area (Å²) in [4.78, 5) is 4.32. The highest BCUT2D eigenvalue weighted by Gasteiger charge is 2.23. The number of fused-ring (bicyclic) bond motifs is 3. The molecule has 0 spiro atoms. The van der Waals surface area contributed by atoms with E-state index in [1.165, 1.54) is 30.6 Å². The lowest BCUT2D eigenvalue weighted by molar-refractivity contribution is 0.578. The van der Waals surface area contributed by atoms with Crippen LogP contribution in [-0.4, -0.2) is 27.0 Å². The highest BCUT2D eigenvalue weighted by atomic mass is 19.1. The van der Waals surface area contributed by atoms with E-state index in [4.69, 9.17) is 0 Å². The Bertz CT molecular complexity index is 942. The second-order valence-corrected chi connectivity index (χ2v) is 5.36. The van der Waals surface area contributed by atoms with E-state index in [1.54, 1.807) is 4.57 Å². The molecule has 0 saturated heterocycles. The van der Waals surface area contributed by atoms with Crippen molar-refractivity contribution < 1.29 is 13.2 Å². The lowest BCUT2D eigenvalue weighted by Crippen LogP contribution is -2.17. The van der Waals surface area contributed by atoms with Crippen molar-refractivity contribution in [2.24, 2.45) is 4.99 Å². The van der Waals surface area contributed by atoms with E-state index in [0.29, 0.717) is 23.5 Å². The van der Waals surface area contributed by atoms with Crippen LogP contribution in [0.5, 0.6) is 0 Å². The van der Waals surface area contributed by atoms with Gasteiger partial charge in [0.25, 0.3) is 0 Å². The number of rotatable bonds is 1. The summed E-state index contributed by atoms with van der Waals surface area (Å²) in [6.07, 6.45) is 1.95. The third kappa shape index (κ3) is 2.29. The Morgan fingerprint density at radius 3 is 2.58 bits per heavy atom. The van der Waals surface area contributed by atoms with Gasteiger partial charge < -0.3 is 0 Å². The SMILES string of the molecule is Fc1ccc2c(c1)C(c1c(F)cccc1F)=NCCc1nncn1-2. The Morgan fingerprint density at radius 2 is 1.79 bits per heavy atom. The summed E-state index contributed by atoms with van der Waals surface area (Å²) in [5.74, 6) is -1.35. The molecule has 0 N–H and O–H groups in total. The Hall–Kier alpha value is -2.96. The lowest BCUT2D eigenvalue weighted by atomic mass is 9.98. The van der Waals surface area contributed by atoms with Gasteiger partial charge in [-0.15, -0.1) is 10.2 Å². The number of aromatic nitrogens is 3. The molecule has 0 aliphatic carbocycles. The zero-order valence-corrected chi connectivity index (χ0v) is 12.4. The van der Waals surface area contributed by atoms with Crippen molar-refractivity contribution in [2.75, 3.05) is 6.54 Å². The summed E-state index contributed by atoms with van der Waals surface area (Å²) >= 11 is 0. The van der Waals surface area contributed by atoms with Crippen LogP contribution in [0.3, 0.4) is 0 Å². The molecule has 1 aromatic heterocycles. The van der Waals surface area contributed by atoms with E-state index < -0.39 is 17.5 Å². The third-order valence-corrected chi connectivity index (χ3v) is 3.90. The Balaban J connectivity index is 2.02. The van der Waals surface area contributed by atoms with Crippen molar-refractivity contribution in [2.45, 2.75) is 6.42 Å². The minimum absolute atomic E-state index is 0.0828. The smallest absolute Gasteiger partial charge is 0.139 e. The number of nitrogens with zero attached hydrogens (tertiary/aromatic N) is 4. The van der Waals surface area contributed by atoms with Crippen molar-refractivity contribution in [3.05, 3.63) is 77.1 Å². The zero-order chi connectivity index (χ0) is 16.7. The predicted octanol–water partition coefficient (Wildman–Crippen LogP) is 3.08. The summed E-state index contributed by atoms with van der Waals surface area (Å²) in [5.41, 5.74) is 0.637. The van der Waals surface area contributed by atoms with E-state index in [-0.39, 0.29) is 17.8 Å². The van der Waals surface area contributed by atoms with Crippen LogP contribution in [0.2, 0.25) is 0 Å². The maximum absolute atomic E-state index is 14.3. The summed E-state index contributed by atoms with van der Waals surface area (Å²) in [5, 5.41) is 7.88. The highest BCUT2D eigenvalue weighted by molar-refractivity contribution is 6.15. The normalized spacial score (nSPS) is 13.5. The highest BCUT2D eigenvalue weighted by Crippen LogP contribution is 2.26. The van der Waals surface area contributed by atoms with Crippen LogP contribution in [0.4, 0.5) is 13.2 Å². The first kappa shape index (κ1) is 14.6. The molecule has 0 saturated carbocycles. The van der Waals surface area contributed by atoms with Crippen molar-refractivity contribution in [1.82, 2.24) is 14.8 Å². The fourth-order valence-electron chi connectivity index (χ4n) is 2.83. The first-order valence-electron chi connectivity index (χ1n) is 7.33. The average Bonchev–Trinajstić information content (AvgIpc) is 2.99. The Morgan fingerprint density at radius 1 is 1.00 bits per heavy atom. The molecule has 7 heteroatoms. The molecule has 0 amide bonds. The molecule has 0 atom stereocenters. The van der Waals surface area contributed by atoms with Crippen LogP contribution in [0.1, 0.15) is 17.0 Å². The van der Waals surface area contributed by atoms with Crippen LogP contribution in [0.25, 0.3) is 5.69 Å². The molecule has 1 aliphatic heterocycles. The molecule has 3 aromatic rings. The minimum Gasteiger partial charge on any atom is -0.285 e. The monoisotopic (exact) mass is 328 g/mol. The predicted molar refractivity (Wildman–Crippen MR) is 81.9 cm³/mol. The van der Waals surface area contributed by atoms with Crippen molar-refractivity contribution in [3.8, 4) is 5.69 Å². The molecule has 120 valence electrons. The van der Waals surface area contributed by atoms with Gasteiger partial charge in [-0.3, -0.25) is 9.56 Å². The number of halogens is 3. The molecule has 0 radical (unpaired) electrons. The molecule has 4 nitrogen and oxygen atoms in total. The lowest BCUT2D eigenvalue weighted by Gasteiger charge is -2.18. The molecular weight excluding hydrogens is 317 g/mol. The topological polar surface area (TPSA) is 43.1 Å². The van der Waals surface area contributed by atoms with Gasteiger partial charge in [0.1, 0.15) is 29.6 Å². The number of benzene rings is 2. The van der Waals surface area contributed by atoms with Gasteiger partial charge in [-0.25, -0.2) is 13.2 Å². The van der Waals surface area contributed by atoms with E-state index in [1.807, 2.05) is 0 Å². The molecule has 4 rings (SSSR count). The van der Waals surface area contributed by atoms with Gasteiger partial charge in [0.15, 0.2) is 0 Å². The van der Waals surface area contributed by atoms with Crippen LogP contribution >= 0.6 is 0 Å². The molecule has 2 aromatic carbocycles. The van der Waals surface area contributed by atoms with Crippen molar-refractivity contribution in [3.63, 3.8) is 0 Å². The second-order valence-electron chi connectivity index (χ2n) is 5.36. The van der Waals surface area contributed by atoms with Crippen LogP contribution < -0.4 is 0 Å². The van der Waals surface area contributed by atoms with Gasteiger partial charge in [-0.2, -0.15) is 0 Å². The van der Waals surface area contributed by atoms with Crippen LogP contribution in [-0.2, 0) is 6.42 Å². The van der Waals surface area contributed by atoms with Gasteiger partial charge >= 0.3 is 0 Å². The summed E-state index contributed by atoms with van der Waals surface area (Å²) in [6.45, 7) is 0.262. The Labute approximate surface area is 135 Å². The Kier molecular flexibility index (Phi) is 3.41. The maximum Gasteiger partial charge on any atom is 0.139 e. The van der Waals surface area contributed by atoms with E-state index in [9.17, 15) is 13.2 Å². The van der Waals surface area contributed by atoms with Gasteiger partial charge in [-0.05, 0) is 30.3 Å². The van der Waals surface area contributed by atoms with E-state index >= 15 is 0 Å². The molecule has 2 heterocycles. The second kappa shape index (κ2) is 5.59. The van der Waals surface area contributed by atoms with E-state index in [0.717, 1.165) is 12.1 Å². The van der Waals surface area contributed by atoms with Gasteiger partial charge in [0.2, 0.25) is 0 Å². The number of hydrogen-bond donors (Lipinski definition) is 0. The third-order valence-electron chi connectivity index (χ3n) is 3.90. The first-order valence-corrected chi connectivity index (χ1v) is 7.33. The van der Waals surface area contributed by atoms with Crippen LogP contribution in [0.15, 0.2) is 47.7 Å². The summed E-state index contributed by atoms with van der Waals surface area (Å²) < 4.78 is 44.0. The van der Waals surface area contributed by atoms with Gasteiger partial charge in [0.05, 0.1) is 17.0 Å². The summed E-state index contributed by atoms with van der Waals surface area (Å²) in [7, 11) is 0. The molecule has 1 aliphatic rings. The van der Waals surface area contributed by atoms with Gasteiger partial charge in [0, 0.05) is 18.5 Å². The molecule has 24 heavy (non-hydrogen) atoms. The minimum atomic E-state index is -0.742. The zero-order valence-electron chi connectivity index (χ0n) is 12.4. The molecule has 0 unspecified atom stereocenters. The number of aliphatic imine (C=N–C) groups is 1. The molecule has 0 bridgehead atoms. The maximum atomic E-state index is 14.3. The van der Waals surface area contributed by atoms with Crippen molar-refractivity contribution in [1.29, 1.82) is 0 Å². The fraction of sp³-hybridized carbons (Fsp3) is 0.118. The van der Waals surface area contributed by atoms with Crippen molar-refractivity contribution >= 4 is 5.71 Å². The molecule has 0 fully saturated rings. The van der Waals surface area contributed by atoms with Gasteiger partial charge in [-0.1, -0.05) is 6.07 Å². The van der Waals surface area contributed by atoms with Crippen LogP contribution in [0, 0.1) is 17.5 Å².